The van der Waals surface area contributed by atoms with Gasteiger partial charge in [-0.15, -0.1) is 18.3 Å². The van der Waals surface area contributed by atoms with Crippen molar-refractivity contribution in [2.24, 2.45) is 0 Å². The van der Waals surface area contributed by atoms with Crippen molar-refractivity contribution in [2.45, 2.75) is 6.30 Å². The maximum atomic E-state index is 12.3. The zero-order valence-corrected chi connectivity index (χ0v) is 9.11. The van der Waals surface area contributed by atoms with E-state index in [1.54, 1.807) is 0 Å². The van der Waals surface area contributed by atoms with Crippen LogP contribution in [0.4, 0.5) is 29.7 Å². The lowest BCUT2D eigenvalue weighted by Crippen LogP contribution is -2.26. The third-order valence-corrected chi connectivity index (χ3v) is 2.01. The number of pyridine rings is 1. The minimum absolute atomic E-state index is 0.102. The van der Waals surface area contributed by atoms with Crippen molar-refractivity contribution in [1.82, 2.24) is 19.7 Å². The number of rotatable bonds is 2. The minimum Gasteiger partial charge on any atom is -0.464 e. The van der Waals surface area contributed by atoms with E-state index in [0.717, 1.165) is 0 Å². The monoisotopic (exact) mass is 273 g/mol. The zero-order valence-electron chi connectivity index (χ0n) is 9.11. The van der Waals surface area contributed by atoms with Gasteiger partial charge in [-0.2, -0.15) is 14.6 Å². The molecule has 1 amide bonds. The van der Waals surface area contributed by atoms with E-state index in [0.29, 0.717) is 11.2 Å². The minimum atomic E-state index is -4.76. The van der Waals surface area contributed by atoms with Gasteiger partial charge in [-0.05, 0) is 12.1 Å². The Bertz CT molecular complexity index is 583. The molecule has 7 nitrogen and oxygen atoms in total. The van der Waals surface area contributed by atoms with Crippen molar-refractivity contribution in [2.75, 3.05) is 4.90 Å². The third-order valence-electron chi connectivity index (χ3n) is 2.01. The van der Waals surface area contributed by atoms with Gasteiger partial charge in [0.05, 0.1) is 0 Å². The molecule has 0 saturated carbocycles. The summed E-state index contributed by atoms with van der Waals surface area (Å²) in [6.07, 6.45) is -4.63. The molecule has 0 aliphatic carbocycles. The standard InChI is InChI=1S/C9H6F3N5O2/c10-9(11,12)16-5-14-7(15-16)17(8(18)19)6-3-1-2-4-13-6/h1-5H,(H,18,19). The van der Waals surface area contributed by atoms with Crippen LogP contribution in [0.15, 0.2) is 30.7 Å². The van der Waals surface area contributed by atoms with Crippen LogP contribution < -0.4 is 4.90 Å². The van der Waals surface area contributed by atoms with E-state index >= 15 is 0 Å². The molecule has 0 aromatic carbocycles. The molecule has 2 heterocycles. The Morgan fingerprint density at radius 2 is 2.05 bits per heavy atom. The van der Waals surface area contributed by atoms with Gasteiger partial charge >= 0.3 is 12.4 Å². The fourth-order valence-electron chi connectivity index (χ4n) is 1.25. The fraction of sp³-hybridized carbons (Fsp3) is 0.111. The van der Waals surface area contributed by atoms with Gasteiger partial charge in [0.15, 0.2) is 0 Å². The number of carboxylic acid groups (broad SMARTS) is 1. The van der Waals surface area contributed by atoms with Crippen LogP contribution in [0.2, 0.25) is 0 Å². The molecule has 0 radical (unpaired) electrons. The summed E-state index contributed by atoms with van der Waals surface area (Å²) in [5.74, 6) is -0.738. The molecule has 2 aromatic heterocycles. The summed E-state index contributed by atoms with van der Waals surface area (Å²) >= 11 is 0. The van der Waals surface area contributed by atoms with Gasteiger partial charge in [-0.25, -0.2) is 9.78 Å². The molecule has 10 heteroatoms. The van der Waals surface area contributed by atoms with Crippen molar-refractivity contribution in [3.8, 4) is 0 Å². The number of hydrogen-bond acceptors (Lipinski definition) is 4. The first kappa shape index (κ1) is 12.8. The van der Waals surface area contributed by atoms with Gasteiger partial charge < -0.3 is 5.11 Å². The predicted octanol–water partition coefficient (Wildman–Crippen LogP) is 1.97. The smallest absolute Gasteiger partial charge is 0.464 e. The topological polar surface area (TPSA) is 84.1 Å². The number of carbonyl (C=O) groups is 1. The summed E-state index contributed by atoms with van der Waals surface area (Å²) in [6.45, 7) is 0. The first-order chi connectivity index (χ1) is 8.89. The Hall–Kier alpha value is -2.65. The quantitative estimate of drug-likeness (QED) is 0.904. The summed E-state index contributed by atoms with van der Waals surface area (Å²) in [6, 6.07) is 4.33. The van der Waals surface area contributed by atoms with Crippen molar-refractivity contribution in [3.05, 3.63) is 30.7 Å². The highest BCUT2D eigenvalue weighted by atomic mass is 19.4. The fourth-order valence-corrected chi connectivity index (χ4v) is 1.25. The molecule has 0 spiro atoms. The van der Waals surface area contributed by atoms with Crippen molar-refractivity contribution < 1.29 is 23.1 Å². The Balaban J connectivity index is 2.41. The molecule has 0 saturated heterocycles. The number of alkyl halides is 3. The molecule has 2 rings (SSSR count). The average molecular weight is 273 g/mol. The van der Waals surface area contributed by atoms with Crippen LogP contribution in [0.25, 0.3) is 0 Å². The highest BCUT2D eigenvalue weighted by molar-refractivity contribution is 5.91. The van der Waals surface area contributed by atoms with Gasteiger partial charge in [-0.1, -0.05) is 6.07 Å². The second kappa shape index (κ2) is 4.55. The normalized spacial score (nSPS) is 11.3. The maximum absolute atomic E-state index is 12.3. The van der Waals surface area contributed by atoms with Crippen molar-refractivity contribution in [3.63, 3.8) is 0 Å². The Morgan fingerprint density at radius 1 is 1.32 bits per heavy atom. The lowest BCUT2D eigenvalue weighted by Gasteiger charge is -2.13. The van der Waals surface area contributed by atoms with Crippen LogP contribution in [0, 0.1) is 0 Å². The molecule has 19 heavy (non-hydrogen) atoms. The third kappa shape index (κ3) is 2.61. The van der Waals surface area contributed by atoms with E-state index in [1.165, 1.54) is 24.4 Å². The molecule has 0 aliphatic rings. The van der Waals surface area contributed by atoms with Crippen LogP contribution in [0.3, 0.4) is 0 Å². The summed E-state index contributed by atoms with van der Waals surface area (Å²) in [7, 11) is 0. The zero-order chi connectivity index (χ0) is 14.0. The largest absolute Gasteiger partial charge is 0.506 e. The molecular formula is C9H6F3N5O2. The van der Waals surface area contributed by atoms with E-state index in [9.17, 15) is 18.0 Å². The van der Waals surface area contributed by atoms with Gasteiger partial charge in [-0.3, -0.25) is 0 Å². The SMILES string of the molecule is O=C(O)N(c1ccccn1)c1ncn(C(F)(F)F)n1. The average Bonchev–Trinajstić information content (AvgIpc) is 2.79. The summed E-state index contributed by atoms with van der Waals surface area (Å²) in [5, 5.41) is 12.1. The van der Waals surface area contributed by atoms with Crippen LogP contribution >= 0.6 is 0 Å². The maximum Gasteiger partial charge on any atom is 0.506 e. The molecule has 0 unspecified atom stereocenters. The molecule has 0 bridgehead atoms. The molecule has 0 aliphatic heterocycles. The summed E-state index contributed by atoms with van der Waals surface area (Å²) in [4.78, 5) is 18.6. The number of anilines is 2. The molecule has 1 N–H and O–H groups in total. The molecule has 100 valence electrons. The predicted molar refractivity (Wildman–Crippen MR) is 55.7 cm³/mol. The Morgan fingerprint density at radius 3 is 2.53 bits per heavy atom. The van der Waals surface area contributed by atoms with E-state index in [4.69, 9.17) is 5.11 Å². The number of nitrogens with zero attached hydrogens (tertiary/aromatic N) is 5. The van der Waals surface area contributed by atoms with Gasteiger partial charge in [0.2, 0.25) is 0 Å². The second-order valence-corrected chi connectivity index (χ2v) is 3.26. The van der Waals surface area contributed by atoms with E-state index in [-0.39, 0.29) is 10.5 Å². The van der Waals surface area contributed by atoms with Gasteiger partial charge in [0, 0.05) is 6.20 Å². The number of hydrogen-bond donors (Lipinski definition) is 1. The molecule has 2 aromatic rings. The Labute approximate surface area is 103 Å². The second-order valence-electron chi connectivity index (χ2n) is 3.26. The Kier molecular flexibility index (Phi) is 3.07. The highest BCUT2D eigenvalue weighted by Crippen LogP contribution is 2.24. The van der Waals surface area contributed by atoms with E-state index in [1.807, 2.05) is 0 Å². The van der Waals surface area contributed by atoms with Crippen molar-refractivity contribution >= 4 is 17.9 Å². The molecular weight excluding hydrogens is 267 g/mol. The van der Waals surface area contributed by atoms with Crippen LogP contribution in [0.5, 0.6) is 0 Å². The first-order valence-electron chi connectivity index (χ1n) is 4.82. The van der Waals surface area contributed by atoms with E-state index in [2.05, 4.69) is 15.1 Å². The lowest BCUT2D eigenvalue weighted by molar-refractivity contribution is -0.212. The first-order valence-corrected chi connectivity index (χ1v) is 4.82. The van der Waals surface area contributed by atoms with Crippen LogP contribution in [-0.2, 0) is 6.30 Å². The molecule has 0 atom stereocenters. The van der Waals surface area contributed by atoms with Crippen LogP contribution in [0.1, 0.15) is 0 Å². The number of amides is 1. The molecule has 0 fully saturated rings. The lowest BCUT2D eigenvalue weighted by atomic mass is 10.4. The number of halogens is 3. The summed E-state index contributed by atoms with van der Waals surface area (Å²) < 4.78 is 36.7. The summed E-state index contributed by atoms with van der Waals surface area (Å²) in [5.41, 5.74) is 0. The highest BCUT2D eigenvalue weighted by Gasteiger charge is 2.34. The van der Waals surface area contributed by atoms with E-state index < -0.39 is 18.3 Å². The van der Waals surface area contributed by atoms with Crippen LogP contribution in [-0.4, -0.2) is 30.9 Å². The van der Waals surface area contributed by atoms with Crippen molar-refractivity contribution in [1.29, 1.82) is 0 Å². The van der Waals surface area contributed by atoms with Gasteiger partial charge in [0.1, 0.15) is 12.1 Å². The van der Waals surface area contributed by atoms with Gasteiger partial charge in [0.25, 0.3) is 5.95 Å². The number of aromatic nitrogens is 4.